The molecule has 0 aliphatic heterocycles. The van der Waals surface area contributed by atoms with Gasteiger partial charge in [0.25, 0.3) is 10.0 Å². The fourth-order valence-corrected chi connectivity index (χ4v) is 4.53. The van der Waals surface area contributed by atoms with E-state index in [0.29, 0.717) is 11.4 Å². The number of nitrogens with zero attached hydrogens (tertiary/aromatic N) is 1. The van der Waals surface area contributed by atoms with Crippen LogP contribution in [0.4, 0.5) is 5.69 Å². The zero-order chi connectivity index (χ0) is 23.4. The fraction of sp³-hybridized carbons (Fsp3) is 0.0741. The second-order valence-corrected chi connectivity index (χ2v) is 9.34. The molecule has 0 saturated heterocycles. The maximum atomic E-state index is 12.7. The van der Waals surface area contributed by atoms with Gasteiger partial charge in [0.15, 0.2) is 0 Å². The monoisotopic (exact) mass is 456 g/mol. The molecule has 5 nitrogen and oxygen atoms in total. The number of hydrogen-bond acceptors (Lipinski definition) is 4. The molecule has 6 heteroatoms. The summed E-state index contributed by atoms with van der Waals surface area (Å²) in [5.74, 6) is 0.432. The van der Waals surface area contributed by atoms with E-state index in [1.165, 1.54) is 26.2 Å². The molecule has 0 radical (unpaired) electrons. The lowest BCUT2D eigenvalue weighted by atomic mass is 9.97. The maximum Gasteiger partial charge on any atom is 0.257 e. The lowest BCUT2D eigenvalue weighted by Gasteiger charge is -2.14. The highest BCUT2D eigenvalue weighted by Crippen LogP contribution is 2.35. The second kappa shape index (κ2) is 9.30. The van der Waals surface area contributed by atoms with Crippen LogP contribution in [0.2, 0.25) is 0 Å². The van der Waals surface area contributed by atoms with Crippen LogP contribution in [0.25, 0.3) is 33.2 Å². The van der Waals surface area contributed by atoms with Gasteiger partial charge >= 0.3 is 0 Å². The van der Waals surface area contributed by atoms with E-state index in [2.05, 4.69) is 34.5 Å². The average molecular weight is 457 g/mol. The molecule has 33 heavy (non-hydrogen) atoms. The number of hydrogen-bond donors (Lipinski definition) is 1. The van der Waals surface area contributed by atoms with Gasteiger partial charge in [0, 0.05) is 11.6 Å². The molecule has 4 aromatic rings. The Kier molecular flexibility index (Phi) is 6.29. The van der Waals surface area contributed by atoms with Crippen LogP contribution in [0.5, 0.6) is 5.75 Å². The fourth-order valence-electron chi connectivity index (χ4n) is 3.64. The first kappa shape index (κ1) is 22.3. The summed E-state index contributed by atoms with van der Waals surface area (Å²) in [6.45, 7) is 5.08. The highest BCUT2D eigenvalue weighted by Gasteiger charge is 2.17. The van der Waals surface area contributed by atoms with Gasteiger partial charge in [-0.1, -0.05) is 55.1 Å². The number of aromatic nitrogens is 1. The van der Waals surface area contributed by atoms with Gasteiger partial charge in [-0.15, -0.1) is 0 Å². The number of allylic oxidation sites excluding steroid dienone is 3. The van der Waals surface area contributed by atoms with Crippen molar-refractivity contribution < 1.29 is 13.2 Å². The van der Waals surface area contributed by atoms with Crippen molar-refractivity contribution in [2.45, 2.75) is 6.92 Å². The molecule has 0 amide bonds. The quantitative estimate of drug-likeness (QED) is 0.326. The normalized spacial score (nSPS) is 11.9. The number of rotatable bonds is 7. The van der Waals surface area contributed by atoms with Gasteiger partial charge in [0.05, 0.1) is 23.2 Å². The van der Waals surface area contributed by atoms with Crippen molar-refractivity contribution in [1.29, 1.82) is 0 Å². The van der Waals surface area contributed by atoms with E-state index in [-0.39, 0.29) is 4.91 Å². The van der Waals surface area contributed by atoms with E-state index in [0.717, 1.165) is 33.2 Å². The third kappa shape index (κ3) is 4.66. The number of methoxy groups -OCH3 is 1. The van der Waals surface area contributed by atoms with Crippen molar-refractivity contribution in [2.24, 2.45) is 0 Å². The average Bonchev–Trinajstić information content (AvgIpc) is 2.83. The minimum atomic E-state index is -3.73. The molecular weight excluding hydrogens is 432 g/mol. The first-order valence-electron chi connectivity index (χ1n) is 10.4. The van der Waals surface area contributed by atoms with Crippen LogP contribution in [-0.4, -0.2) is 20.5 Å². The topological polar surface area (TPSA) is 68.3 Å². The highest BCUT2D eigenvalue weighted by atomic mass is 32.2. The highest BCUT2D eigenvalue weighted by molar-refractivity contribution is 7.96. The molecule has 0 aliphatic carbocycles. The zero-order valence-electron chi connectivity index (χ0n) is 18.4. The van der Waals surface area contributed by atoms with Crippen molar-refractivity contribution in [1.82, 2.24) is 4.98 Å². The van der Waals surface area contributed by atoms with Crippen molar-refractivity contribution in [3.63, 3.8) is 0 Å². The Morgan fingerprint density at radius 3 is 2.42 bits per heavy atom. The first-order chi connectivity index (χ1) is 15.9. The molecule has 0 unspecified atom stereocenters. The molecule has 1 aromatic heterocycles. The van der Waals surface area contributed by atoms with Crippen LogP contribution >= 0.6 is 0 Å². The standard InChI is InChI=1S/C27H24N2O3S/c1-4-8-19(2)33(30,31)29-26-18-22(12-14-27(26)32-3)21-11-13-25-24(17-21)23(15-16-28-25)20-9-6-5-7-10-20/h4-18,29H,1H2,2-3H3/b19-8+. The lowest BCUT2D eigenvalue weighted by Crippen LogP contribution is -2.14. The third-order valence-electron chi connectivity index (χ3n) is 5.38. The van der Waals surface area contributed by atoms with E-state index < -0.39 is 10.0 Å². The Labute approximate surface area is 194 Å². The molecule has 3 aromatic carbocycles. The van der Waals surface area contributed by atoms with Gasteiger partial charge in [-0.05, 0) is 65.6 Å². The van der Waals surface area contributed by atoms with Crippen molar-refractivity contribution in [2.75, 3.05) is 11.8 Å². The van der Waals surface area contributed by atoms with Gasteiger partial charge in [0.1, 0.15) is 5.75 Å². The SMILES string of the molecule is C=C/C=C(\C)S(=O)(=O)Nc1cc(-c2ccc3nccc(-c4ccccc4)c3c2)ccc1OC. The van der Waals surface area contributed by atoms with E-state index in [1.54, 1.807) is 12.1 Å². The summed E-state index contributed by atoms with van der Waals surface area (Å²) in [4.78, 5) is 4.67. The second-order valence-electron chi connectivity index (χ2n) is 7.49. The minimum absolute atomic E-state index is 0.161. The Bertz CT molecular complexity index is 1460. The van der Waals surface area contributed by atoms with E-state index in [9.17, 15) is 8.42 Å². The number of anilines is 1. The number of nitrogens with one attached hydrogen (secondary N) is 1. The Morgan fingerprint density at radius 1 is 0.970 bits per heavy atom. The van der Waals surface area contributed by atoms with Crippen LogP contribution in [0.15, 0.2) is 103 Å². The molecule has 1 N–H and O–H groups in total. The molecule has 4 rings (SSSR count). The lowest BCUT2D eigenvalue weighted by molar-refractivity contribution is 0.417. The van der Waals surface area contributed by atoms with E-state index in [1.807, 2.05) is 48.7 Å². The van der Waals surface area contributed by atoms with Gasteiger partial charge in [-0.3, -0.25) is 9.71 Å². The first-order valence-corrected chi connectivity index (χ1v) is 11.9. The van der Waals surface area contributed by atoms with Crippen molar-refractivity contribution >= 4 is 26.6 Å². The van der Waals surface area contributed by atoms with Gasteiger partial charge in [-0.2, -0.15) is 0 Å². The smallest absolute Gasteiger partial charge is 0.257 e. The molecule has 0 bridgehead atoms. The number of pyridine rings is 1. The van der Waals surface area contributed by atoms with Crippen LogP contribution < -0.4 is 9.46 Å². The van der Waals surface area contributed by atoms with E-state index >= 15 is 0 Å². The summed E-state index contributed by atoms with van der Waals surface area (Å²) in [5.41, 5.74) is 5.23. The van der Waals surface area contributed by atoms with Crippen molar-refractivity contribution in [3.05, 3.63) is 103 Å². The third-order valence-corrected chi connectivity index (χ3v) is 6.85. The van der Waals surface area contributed by atoms with Crippen LogP contribution in [0.3, 0.4) is 0 Å². The van der Waals surface area contributed by atoms with Crippen LogP contribution in [0.1, 0.15) is 6.92 Å². The predicted molar refractivity (Wildman–Crippen MR) is 136 cm³/mol. The van der Waals surface area contributed by atoms with Crippen LogP contribution in [-0.2, 0) is 10.0 Å². The van der Waals surface area contributed by atoms with Crippen LogP contribution in [0, 0.1) is 0 Å². The minimum Gasteiger partial charge on any atom is -0.495 e. The van der Waals surface area contributed by atoms with Gasteiger partial charge in [0.2, 0.25) is 0 Å². The number of benzene rings is 3. The molecule has 0 spiro atoms. The largest absolute Gasteiger partial charge is 0.495 e. The summed E-state index contributed by atoms with van der Waals surface area (Å²) in [6.07, 6.45) is 4.69. The molecule has 0 fully saturated rings. The number of ether oxygens (including phenoxy) is 1. The molecular formula is C27H24N2O3S. The summed E-state index contributed by atoms with van der Waals surface area (Å²) in [6, 6.07) is 23.6. The van der Waals surface area contributed by atoms with Gasteiger partial charge in [-0.25, -0.2) is 8.42 Å². The zero-order valence-corrected chi connectivity index (χ0v) is 19.3. The maximum absolute atomic E-state index is 12.7. The summed E-state index contributed by atoms with van der Waals surface area (Å²) < 4.78 is 33.4. The Balaban J connectivity index is 1.81. The van der Waals surface area contributed by atoms with Gasteiger partial charge < -0.3 is 4.74 Å². The number of fused-ring (bicyclic) bond motifs is 1. The molecule has 0 saturated carbocycles. The molecule has 0 atom stereocenters. The van der Waals surface area contributed by atoms with Crippen molar-refractivity contribution in [3.8, 4) is 28.0 Å². The van der Waals surface area contributed by atoms with E-state index in [4.69, 9.17) is 4.74 Å². The summed E-state index contributed by atoms with van der Waals surface area (Å²) in [7, 11) is -2.23. The Hall–Kier alpha value is -3.90. The summed E-state index contributed by atoms with van der Waals surface area (Å²) in [5, 5.41) is 1.02. The Morgan fingerprint density at radius 2 is 1.70 bits per heavy atom. The number of sulfonamides is 1. The predicted octanol–water partition coefficient (Wildman–Crippen LogP) is 6.41. The molecule has 1 heterocycles. The molecule has 166 valence electrons. The molecule has 0 aliphatic rings. The summed E-state index contributed by atoms with van der Waals surface area (Å²) >= 11 is 0.